The normalized spacial score (nSPS) is 10.5. The number of benzene rings is 1. The third-order valence-electron chi connectivity index (χ3n) is 2.80. The quantitative estimate of drug-likeness (QED) is 0.420. The Morgan fingerprint density at radius 3 is 2.73 bits per heavy atom. The van der Waals surface area contributed by atoms with Crippen LogP contribution in [-0.2, 0) is 9.53 Å². The van der Waals surface area contributed by atoms with E-state index in [0.717, 1.165) is 17.1 Å². The minimum absolute atomic E-state index is 0.207. The molecule has 0 aliphatic carbocycles. The fourth-order valence-corrected chi connectivity index (χ4v) is 2.42. The van der Waals surface area contributed by atoms with Gasteiger partial charge in [-0.3, -0.25) is 4.79 Å². The van der Waals surface area contributed by atoms with Gasteiger partial charge in [0.1, 0.15) is 5.75 Å². The number of thioether (sulfide) groups is 1. The van der Waals surface area contributed by atoms with Crippen molar-refractivity contribution in [1.82, 2.24) is 10.2 Å². The highest BCUT2D eigenvalue weighted by atomic mass is 32.2. The van der Waals surface area contributed by atoms with Gasteiger partial charge in [0.25, 0.3) is 5.22 Å². The molecule has 6 nitrogen and oxygen atoms in total. The lowest BCUT2D eigenvalue weighted by molar-refractivity contribution is -0.140. The first-order chi connectivity index (χ1) is 10.7. The molecule has 2 rings (SSSR count). The Balaban J connectivity index is 1.86. The molecule has 0 saturated heterocycles. The van der Waals surface area contributed by atoms with Crippen molar-refractivity contribution >= 4 is 17.7 Å². The van der Waals surface area contributed by atoms with E-state index in [1.165, 1.54) is 18.9 Å². The molecule has 0 saturated carbocycles. The number of hydrogen-bond donors (Lipinski definition) is 0. The Bertz CT molecular complexity index is 598. The van der Waals surface area contributed by atoms with Crippen molar-refractivity contribution in [2.45, 2.75) is 25.0 Å². The van der Waals surface area contributed by atoms with Crippen molar-refractivity contribution < 1.29 is 18.7 Å². The van der Waals surface area contributed by atoms with Gasteiger partial charge in [0.2, 0.25) is 5.89 Å². The molecule has 0 aliphatic rings. The van der Waals surface area contributed by atoms with Crippen LogP contribution in [0.5, 0.6) is 5.75 Å². The molecule has 0 bridgehead atoms. The van der Waals surface area contributed by atoms with Crippen molar-refractivity contribution in [1.29, 1.82) is 0 Å². The summed E-state index contributed by atoms with van der Waals surface area (Å²) in [5.74, 6) is 1.79. The highest BCUT2D eigenvalue weighted by molar-refractivity contribution is 7.99. The van der Waals surface area contributed by atoms with E-state index in [0.29, 0.717) is 30.6 Å². The number of carbonyl (C=O) groups is 1. The molecule has 118 valence electrons. The molecule has 0 amide bonds. The van der Waals surface area contributed by atoms with Gasteiger partial charge in [-0.15, -0.1) is 10.2 Å². The molecule has 0 spiro atoms. The van der Waals surface area contributed by atoms with Gasteiger partial charge in [-0.2, -0.15) is 0 Å². The molecule has 0 fully saturated rings. The molecule has 1 aromatic heterocycles. The lowest BCUT2D eigenvalue weighted by Gasteiger charge is -2.02. The van der Waals surface area contributed by atoms with Crippen molar-refractivity contribution in [3.63, 3.8) is 0 Å². The summed E-state index contributed by atoms with van der Waals surface area (Å²) >= 11 is 1.43. The topological polar surface area (TPSA) is 74.5 Å². The molecule has 22 heavy (non-hydrogen) atoms. The van der Waals surface area contributed by atoms with Crippen molar-refractivity contribution in [2.24, 2.45) is 0 Å². The van der Waals surface area contributed by atoms with E-state index in [4.69, 9.17) is 9.15 Å². The fourth-order valence-electron chi connectivity index (χ4n) is 1.72. The van der Waals surface area contributed by atoms with Crippen molar-refractivity contribution in [2.75, 3.05) is 19.5 Å². The van der Waals surface area contributed by atoms with Gasteiger partial charge >= 0.3 is 5.97 Å². The van der Waals surface area contributed by atoms with E-state index < -0.39 is 0 Å². The lowest BCUT2D eigenvalue weighted by Crippen LogP contribution is -1.99. The summed E-state index contributed by atoms with van der Waals surface area (Å²) < 4.78 is 15.6. The van der Waals surface area contributed by atoms with Crippen molar-refractivity contribution in [3.05, 3.63) is 24.3 Å². The fraction of sp³-hybridized carbons (Fsp3) is 0.400. The summed E-state index contributed by atoms with van der Waals surface area (Å²) in [6.45, 7) is 2.57. The second kappa shape index (κ2) is 8.43. The average Bonchev–Trinajstić information content (AvgIpc) is 3.01. The smallest absolute Gasteiger partial charge is 0.305 e. The number of hydrogen-bond acceptors (Lipinski definition) is 7. The molecule has 0 radical (unpaired) electrons. The molecule has 2 aromatic rings. The third kappa shape index (κ3) is 4.77. The summed E-state index contributed by atoms with van der Waals surface area (Å²) in [6.07, 6.45) is 1.10. The van der Waals surface area contributed by atoms with Crippen LogP contribution in [0.15, 0.2) is 33.9 Å². The highest BCUT2D eigenvalue weighted by Gasteiger charge is 2.09. The SMILES string of the molecule is CCOc1ccc(-c2nnc(SCCCC(=O)OC)o2)cc1. The maximum atomic E-state index is 11.0. The monoisotopic (exact) mass is 322 g/mol. The van der Waals surface area contributed by atoms with Gasteiger partial charge in [-0.05, 0) is 37.6 Å². The molecule has 1 aromatic carbocycles. The largest absolute Gasteiger partial charge is 0.494 e. The maximum Gasteiger partial charge on any atom is 0.305 e. The molecular weight excluding hydrogens is 304 g/mol. The predicted octanol–water partition coefficient (Wildman–Crippen LogP) is 3.18. The number of nitrogens with zero attached hydrogens (tertiary/aromatic N) is 2. The summed E-state index contributed by atoms with van der Waals surface area (Å²) in [5, 5.41) is 8.50. The van der Waals surface area contributed by atoms with Gasteiger partial charge < -0.3 is 13.9 Å². The van der Waals surface area contributed by atoms with Gasteiger partial charge in [-0.1, -0.05) is 11.8 Å². The molecule has 0 unspecified atom stereocenters. The van der Waals surface area contributed by atoms with Crippen LogP contribution in [0.3, 0.4) is 0 Å². The van der Waals surface area contributed by atoms with E-state index in [1.54, 1.807) is 0 Å². The number of methoxy groups -OCH3 is 1. The zero-order chi connectivity index (χ0) is 15.8. The minimum atomic E-state index is -0.207. The lowest BCUT2D eigenvalue weighted by atomic mass is 10.2. The van der Waals surface area contributed by atoms with Crippen LogP contribution in [0.4, 0.5) is 0 Å². The van der Waals surface area contributed by atoms with Crippen molar-refractivity contribution in [3.8, 4) is 17.2 Å². The summed E-state index contributed by atoms with van der Waals surface area (Å²) in [5.41, 5.74) is 0.845. The zero-order valence-electron chi connectivity index (χ0n) is 12.6. The molecule has 7 heteroatoms. The van der Waals surface area contributed by atoms with Crippen LogP contribution in [-0.4, -0.2) is 35.6 Å². The maximum absolute atomic E-state index is 11.0. The third-order valence-corrected chi connectivity index (χ3v) is 3.70. The Morgan fingerprint density at radius 1 is 1.27 bits per heavy atom. The summed E-state index contributed by atoms with van der Waals surface area (Å²) in [4.78, 5) is 11.0. The summed E-state index contributed by atoms with van der Waals surface area (Å²) in [6, 6.07) is 7.49. The van der Waals surface area contributed by atoms with Crippen LogP contribution >= 0.6 is 11.8 Å². The van der Waals surface area contributed by atoms with Gasteiger partial charge in [0.05, 0.1) is 13.7 Å². The molecule has 0 aliphatic heterocycles. The number of esters is 1. The first kappa shape index (κ1) is 16.4. The van der Waals surface area contributed by atoms with Crippen LogP contribution in [0.2, 0.25) is 0 Å². The van der Waals surface area contributed by atoms with Crippen LogP contribution < -0.4 is 4.74 Å². The number of ether oxygens (including phenoxy) is 2. The number of carbonyl (C=O) groups excluding carboxylic acids is 1. The standard InChI is InChI=1S/C15H18N2O4S/c1-3-20-12-8-6-11(7-9-12)14-16-17-15(21-14)22-10-4-5-13(18)19-2/h6-9H,3-5,10H2,1-2H3. The summed E-state index contributed by atoms with van der Waals surface area (Å²) in [7, 11) is 1.39. The zero-order valence-corrected chi connectivity index (χ0v) is 13.4. The van der Waals surface area contributed by atoms with Gasteiger partial charge in [0.15, 0.2) is 0 Å². The van der Waals surface area contributed by atoms with E-state index >= 15 is 0 Å². The first-order valence-electron chi connectivity index (χ1n) is 6.99. The Labute approximate surface area is 133 Å². The van der Waals surface area contributed by atoms with E-state index in [9.17, 15) is 4.79 Å². The second-order valence-corrected chi connectivity index (χ2v) is 5.40. The van der Waals surface area contributed by atoms with Gasteiger partial charge in [0, 0.05) is 17.7 Å². The minimum Gasteiger partial charge on any atom is -0.494 e. The molecule has 0 atom stereocenters. The predicted molar refractivity (Wildman–Crippen MR) is 82.9 cm³/mol. The Morgan fingerprint density at radius 2 is 2.05 bits per heavy atom. The Hall–Kier alpha value is -2.02. The van der Waals surface area contributed by atoms with Crippen LogP contribution in [0.25, 0.3) is 11.5 Å². The second-order valence-electron chi connectivity index (χ2n) is 4.36. The van der Waals surface area contributed by atoms with Gasteiger partial charge in [-0.25, -0.2) is 0 Å². The average molecular weight is 322 g/mol. The van der Waals surface area contributed by atoms with E-state index in [2.05, 4.69) is 14.9 Å². The highest BCUT2D eigenvalue weighted by Crippen LogP contribution is 2.25. The van der Waals surface area contributed by atoms with Crippen LogP contribution in [0, 0.1) is 0 Å². The Kier molecular flexibility index (Phi) is 6.27. The van der Waals surface area contributed by atoms with E-state index in [1.807, 2.05) is 31.2 Å². The molecule has 0 N–H and O–H groups in total. The molecule has 1 heterocycles. The number of rotatable bonds is 8. The molecular formula is C15H18N2O4S. The first-order valence-corrected chi connectivity index (χ1v) is 7.98. The van der Waals surface area contributed by atoms with E-state index in [-0.39, 0.29) is 5.97 Å². The van der Waals surface area contributed by atoms with Crippen LogP contribution in [0.1, 0.15) is 19.8 Å². The number of aromatic nitrogens is 2.